The lowest BCUT2D eigenvalue weighted by atomic mass is 9.96. The molecule has 1 atom stereocenters. The number of fused-ring (bicyclic) bond motifs is 1. The highest BCUT2D eigenvalue weighted by Crippen LogP contribution is 2.44. The zero-order valence-corrected chi connectivity index (χ0v) is 22.2. The maximum Gasteiger partial charge on any atom is 0.350 e. The molecule has 5 rings (SSSR count). The first-order valence-electron chi connectivity index (χ1n) is 11.9. The maximum absolute atomic E-state index is 13.6. The van der Waals surface area contributed by atoms with Crippen LogP contribution in [-0.2, 0) is 14.3 Å². The van der Waals surface area contributed by atoms with Crippen LogP contribution in [0.1, 0.15) is 38.4 Å². The molecule has 0 radical (unpaired) electrons. The molecule has 0 spiro atoms. The molecule has 10 nitrogen and oxygen atoms in total. The Morgan fingerprint density at radius 3 is 2.56 bits per heavy atom. The molecule has 11 heteroatoms. The molecule has 1 unspecified atom stereocenters. The second-order valence-electron chi connectivity index (χ2n) is 8.72. The standard InChI is InChI=1S/C28H24N4O6S/c1-5-14-38-18-11-9-17(10-12-18)22-20(23(33)21-15(2)29-19-8-6-7-13-31(19)21)24(34)26(35)32(22)28-30-16(3)25(39-28)27(36)37-4/h5-13,22,33H,1,14H2,2-4H3. The van der Waals surface area contributed by atoms with Crippen molar-refractivity contribution in [3.63, 3.8) is 0 Å². The summed E-state index contributed by atoms with van der Waals surface area (Å²) in [6.45, 7) is 7.28. The fourth-order valence-corrected chi connectivity index (χ4v) is 5.55. The Kier molecular flexibility index (Phi) is 6.75. The number of carbonyl (C=O) groups is 3. The summed E-state index contributed by atoms with van der Waals surface area (Å²) in [5, 5.41) is 11.7. The van der Waals surface area contributed by atoms with E-state index in [-0.39, 0.29) is 21.3 Å². The van der Waals surface area contributed by atoms with Crippen LogP contribution >= 0.6 is 11.3 Å². The van der Waals surface area contributed by atoms with Crippen LogP contribution in [0, 0.1) is 13.8 Å². The highest BCUT2D eigenvalue weighted by Gasteiger charge is 2.49. The summed E-state index contributed by atoms with van der Waals surface area (Å²) in [6, 6.07) is 11.1. The number of pyridine rings is 1. The largest absolute Gasteiger partial charge is 0.505 e. The second kappa shape index (κ2) is 10.2. The van der Waals surface area contributed by atoms with E-state index in [4.69, 9.17) is 9.47 Å². The van der Waals surface area contributed by atoms with Crippen molar-refractivity contribution in [2.45, 2.75) is 19.9 Å². The van der Waals surface area contributed by atoms with Crippen LogP contribution in [0.15, 0.2) is 66.9 Å². The lowest BCUT2D eigenvalue weighted by Crippen LogP contribution is -2.29. The van der Waals surface area contributed by atoms with Crippen molar-refractivity contribution < 1.29 is 29.0 Å². The van der Waals surface area contributed by atoms with Crippen LogP contribution in [0.2, 0.25) is 0 Å². The molecule has 1 saturated heterocycles. The van der Waals surface area contributed by atoms with Crippen LogP contribution in [0.4, 0.5) is 5.13 Å². The summed E-state index contributed by atoms with van der Waals surface area (Å²) >= 11 is 0.935. The number of hydrogen-bond acceptors (Lipinski definition) is 9. The second-order valence-corrected chi connectivity index (χ2v) is 9.69. The smallest absolute Gasteiger partial charge is 0.350 e. The Balaban J connectivity index is 1.72. The number of aliphatic hydroxyl groups is 1. The number of aliphatic hydroxyl groups excluding tert-OH is 1. The number of ether oxygens (including phenoxy) is 2. The molecule has 4 heterocycles. The van der Waals surface area contributed by atoms with Crippen LogP contribution in [0.25, 0.3) is 11.4 Å². The molecule has 0 aliphatic carbocycles. The first-order chi connectivity index (χ1) is 18.8. The van der Waals surface area contributed by atoms with E-state index in [1.165, 1.54) is 12.0 Å². The molecule has 3 aromatic heterocycles. The Hall–Kier alpha value is -4.77. The van der Waals surface area contributed by atoms with Gasteiger partial charge < -0.3 is 14.6 Å². The lowest BCUT2D eigenvalue weighted by molar-refractivity contribution is -0.132. The van der Waals surface area contributed by atoms with Crippen molar-refractivity contribution in [1.82, 2.24) is 14.4 Å². The number of carbonyl (C=O) groups excluding carboxylic acids is 3. The molecule has 1 aliphatic heterocycles. The van der Waals surface area contributed by atoms with E-state index in [1.54, 1.807) is 66.9 Å². The van der Waals surface area contributed by atoms with Crippen molar-refractivity contribution in [1.29, 1.82) is 0 Å². The summed E-state index contributed by atoms with van der Waals surface area (Å²) in [7, 11) is 1.25. The third-order valence-corrected chi connectivity index (χ3v) is 7.44. The SMILES string of the molecule is C=CCOc1ccc(C2C(=C(O)c3c(C)nc4ccccn34)C(=O)C(=O)N2c2nc(C)c(C(=O)OC)s2)cc1. The Morgan fingerprint density at radius 2 is 1.87 bits per heavy atom. The summed E-state index contributed by atoms with van der Waals surface area (Å²) in [5.41, 5.74) is 2.11. The number of ketones is 1. The number of benzene rings is 1. The van der Waals surface area contributed by atoms with Crippen molar-refractivity contribution in [2.75, 3.05) is 18.6 Å². The number of hydrogen-bond donors (Lipinski definition) is 1. The lowest BCUT2D eigenvalue weighted by Gasteiger charge is -2.23. The van der Waals surface area contributed by atoms with E-state index in [9.17, 15) is 19.5 Å². The third kappa shape index (κ3) is 4.36. The molecule has 1 amide bonds. The average Bonchev–Trinajstić information content (AvgIpc) is 3.57. The van der Waals surface area contributed by atoms with Crippen molar-refractivity contribution in [2.24, 2.45) is 0 Å². The molecule has 1 N–H and O–H groups in total. The molecule has 39 heavy (non-hydrogen) atoms. The number of imidazole rings is 1. The van der Waals surface area contributed by atoms with Crippen LogP contribution in [-0.4, -0.2) is 50.9 Å². The van der Waals surface area contributed by atoms with E-state index in [2.05, 4.69) is 16.5 Å². The number of amides is 1. The Morgan fingerprint density at radius 1 is 1.13 bits per heavy atom. The minimum Gasteiger partial charge on any atom is -0.505 e. The number of aromatic nitrogens is 3. The van der Waals surface area contributed by atoms with E-state index in [1.807, 2.05) is 6.07 Å². The van der Waals surface area contributed by atoms with Gasteiger partial charge in [0.15, 0.2) is 10.9 Å². The number of aryl methyl sites for hydroxylation is 2. The fraction of sp³-hybridized carbons (Fsp3) is 0.179. The summed E-state index contributed by atoms with van der Waals surface area (Å²) in [5.74, 6) is -2.18. The predicted molar refractivity (Wildman–Crippen MR) is 145 cm³/mol. The summed E-state index contributed by atoms with van der Waals surface area (Å²) < 4.78 is 12.1. The van der Waals surface area contributed by atoms with Gasteiger partial charge in [0.1, 0.15) is 28.6 Å². The van der Waals surface area contributed by atoms with E-state index < -0.39 is 23.7 Å². The molecule has 0 saturated carbocycles. The van der Waals surface area contributed by atoms with Gasteiger partial charge in [0.05, 0.1) is 30.1 Å². The van der Waals surface area contributed by atoms with Gasteiger partial charge in [-0.2, -0.15) is 0 Å². The van der Waals surface area contributed by atoms with E-state index >= 15 is 0 Å². The van der Waals surface area contributed by atoms with Crippen LogP contribution in [0.5, 0.6) is 5.75 Å². The maximum atomic E-state index is 13.6. The summed E-state index contributed by atoms with van der Waals surface area (Å²) in [4.78, 5) is 49.7. The van der Waals surface area contributed by atoms with Gasteiger partial charge >= 0.3 is 11.9 Å². The monoisotopic (exact) mass is 544 g/mol. The van der Waals surface area contributed by atoms with Crippen molar-refractivity contribution >= 4 is 45.5 Å². The van der Waals surface area contributed by atoms with Crippen LogP contribution in [0.3, 0.4) is 0 Å². The van der Waals surface area contributed by atoms with Gasteiger partial charge in [-0.1, -0.05) is 42.2 Å². The minimum atomic E-state index is -1.04. The first-order valence-corrected chi connectivity index (χ1v) is 12.7. The summed E-state index contributed by atoms with van der Waals surface area (Å²) in [6.07, 6.45) is 3.33. The average molecular weight is 545 g/mol. The number of anilines is 1. The van der Waals surface area contributed by atoms with Crippen LogP contribution < -0.4 is 9.64 Å². The molecule has 1 aromatic carbocycles. The topological polar surface area (TPSA) is 123 Å². The predicted octanol–water partition coefficient (Wildman–Crippen LogP) is 4.39. The van der Waals surface area contributed by atoms with Gasteiger partial charge in [-0.05, 0) is 43.7 Å². The first kappa shape index (κ1) is 25.9. The normalized spacial score (nSPS) is 16.6. The van der Waals surface area contributed by atoms with Gasteiger partial charge in [-0.25, -0.2) is 14.8 Å². The van der Waals surface area contributed by atoms with Crippen molar-refractivity contribution in [3.8, 4) is 5.75 Å². The highest BCUT2D eigenvalue weighted by molar-refractivity contribution is 7.17. The molecular formula is C28H24N4O6S. The van der Waals surface area contributed by atoms with Gasteiger partial charge in [0.2, 0.25) is 0 Å². The number of esters is 1. The zero-order valence-electron chi connectivity index (χ0n) is 21.4. The van der Waals surface area contributed by atoms with E-state index in [0.29, 0.717) is 40.6 Å². The van der Waals surface area contributed by atoms with Crippen molar-refractivity contribution in [3.05, 3.63) is 94.4 Å². The Bertz CT molecular complexity index is 1670. The molecule has 0 bridgehead atoms. The number of Topliss-reactive ketones (excluding diaryl/α,β-unsaturated/α-hetero) is 1. The zero-order chi connectivity index (χ0) is 27.8. The number of nitrogens with zero attached hydrogens (tertiary/aromatic N) is 4. The molecular weight excluding hydrogens is 520 g/mol. The highest BCUT2D eigenvalue weighted by atomic mass is 32.1. The van der Waals surface area contributed by atoms with Gasteiger partial charge in [-0.3, -0.25) is 18.9 Å². The van der Waals surface area contributed by atoms with Gasteiger partial charge in [-0.15, -0.1) is 0 Å². The number of thiazole rings is 1. The number of rotatable bonds is 7. The van der Waals surface area contributed by atoms with Gasteiger partial charge in [0.25, 0.3) is 5.78 Å². The third-order valence-electron chi connectivity index (χ3n) is 6.30. The molecule has 198 valence electrons. The molecule has 4 aromatic rings. The minimum absolute atomic E-state index is 0.124. The van der Waals surface area contributed by atoms with Gasteiger partial charge in [0, 0.05) is 6.20 Å². The van der Waals surface area contributed by atoms with E-state index in [0.717, 1.165) is 11.3 Å². The quantitative estimate of drug-likeness (QED) is 0.120. The number of methoxy groups -OCH3 is 1. The molecule has 1 fully saturated rings. The Labute approximate surface area is 227 Å². The fourth-order valence-electron chi connectivity index (χ4n) is 4.54. The molecule has 1 aliphatic rings.